The predicted molar refractivity (Wildman–Crippen MR) is 145 cm³/mol. The molecule has 0 aromatic heterocycles. The van der Waals surface area contributed by atoms with Crippen molar-refractivity contribution in [1.29, 1.82) is 0 Å². The van der Waals surface area contributed by atoms with Crippen LogP contribution < -0.4 is 0 Å². The molecule has 0 aromatic carbocycles. The normalized spacial score (nSPS) is 11.4. The maximum atomic E-state index is 2.58. The van der Waals surface area contributed by atoms with E-state index >= 15 is 0 Å². The lowest BCUT2D eigenvalue weighted by atomic mass is 10.0. The van der Waals surface area contributed by atoms with Gasteiger partial charge in [-0.25, -0.2) is 0 Å². The smallest absolute Gasteiger partial charge is 0.0386 e. The third kappa shape index (κ3) is 30.0. The highest BCUT2D eigenvalue weighted by molar-refractivity contribution is 4.64. The molecule has 0 N–H and O–H groups in total. The number of hydrogen-bond acceptors (Lipinski definition) is 0. The van der Waals surface area contributed by atoms with Gasteiger partial charge in [0.05, 0.1) is 0 Å². The third-order valence-electron chi connectivity index (χ3n) is 7.02. The fraction of sp³-hybridized carbons (Fsp3) is 0.968. The van der Waals surface area contributed by atoms with Crippen molar-refractivity contribution in [1.82, 2.24) is 0 Å². The second kappa shape index (κ2) is 30.0. The first-order valence-electron chi connectivity index (χ1n) is 15.2. The lowest BCUT2D eigenvalue weighted by molar-refractivity contribution is 0.530. The van der Waals surface area contributed by atoms with Crippen LogP contribution >= 0.6 is 0 Å². The van der Waals surface area contributed by atoms with E-state index < -0.39 is 0 Å². The van der Waals surface area contributed by atoms with Gasteiger partial charge in [-0.1, -0.05) is 194 Å². The van der Waals surface area contributed by atoms with Gasteiger partial charge in [-0.05, 0) is 6.42 Å². The van der Waals surface area contributed by atoms with Crippen molar-refractivity contribution in [2.75, 3.05) is 0 Å². The minimum Gasteiger partial charge on any atom is -0.0654 e. The van der Waals surface area contributed by atoms with Crippen molar-refractivity contribution >= 4 is 0 Å². The quantitative estimate of drug-likeness (QED) is 0.107. The molecule has 0 atom stereocenters. The summed E-state index contributed by atoms with van der Waals surface area (Å²) in [5, 5.41) is 0. The van der Waals surface area contributed by atoms with Crippen LogP contribution in [0.15, 0.2) is 0 Å². The van der Waals surface area contributed by atoms with E-state index in [9.17, 15) is 0 Å². The van der Waals surface area contributed by atoms with Crippen LogP contribution in [0.1, 0.15) is 194 Å². The number of unbranched alkanes of at least 4 members (excludes halogenated alkanes) is 28. The standard InChI is InChI=1S/C31H63/c1-3-5-7-9-11-13-15-17-19-21-23-25-27-29-31-30-28-26-24-22-20-18-16-14-12-10-8-6-4-2/h27H,3-26,28-31H2,1-2H3. The van der Waals surface area contributed by atoms with Crippen LogP contribution in [-0.2, 0) is 0 Å². The summed E-state index contributed by atoms with van der Waals surface area (Å²) in [7, 11) is 0. The van der Waals surface area contributed by atoms with Crippen LogP contribution in [0.25, 0.3) is 0 Å². The van der Waals surface area contributed by atoms with Crippen molar-refractivity contribution in [2.45, 2.75) is 194 Å². The van der Waals surface area contributed by atoms with Crippen LogP contribution in [0.4, 0.5) is 0 Å². The van der Waals surface area contributed by atoms with Crippen molar-refractivity contribution in [2.24, 2.45) is 0 Å². The largest absolute Gasteiger partial charge is 0.0654 e. The van der Waals surface area contributed by atoms with Crippen molar-refractivity contribution in [3.63, 3.8) is 0 Å². The van der Waals surface area contributed by atoms with E-state index in [1.807, 2.05) is 0 Å². The van der Waals surface area contributed by atoms with E-state index in [1.54, 1.807) is 0 Å². The van der Waals surface area contributed by atoms with Crippen LogP contribution in [-0.4, -0.2) is 0 Å². The maximum Gasteiger partial charge on any atom is -0.0386 e. The summed E-state index contributed by atoms with van der Waals surface area (Å²) in [5.41, 5.74) is 0. The molecule has 187 valence electrons. The topological polar surface area (TPSA) is 0 Å². The van der Waals surface area contributed by atoms with Crippen molar-refractivity contribution < 1.29 is 0 Å². The first kappa shape index (κ1) is 31.0. The number of rotatable bonds is 28. The molecule has 0 aliphatic heterocycles. The predicted octanol–water partition coefficient (Wildman–Crippen LogP) is 12.2. The molecule has 0 nitrogen and oxygen atoms in total. The monoisotopic (exact) mass is 435 g/mol. The van der Waals surface area contributed by atoms with E-state index in [2.05, 4.69) is 20.3 Å². The Balaban J connectivity index is 2.98. The van der Waals surface area contributed by atoms with Gasteiger partial charge in [0.1, 0.15) is 0 Å². The Kier molecular flexibility index (Phi) is 30.0. The van der Waals surface area contributed by atoms with Crippen molar-refractivity contribution in [3.05, 3.63) is 6.42 Å². The molecule has 0 fully saturated rings. The average molecular weight is 436 g/mol. The Bertz CT molecular complexity index is 254. The number of hydrogen-bond donors (Lipinski definition) is 0. The van der Waals surface area contributed by atoms with Crippen LogP contribution in [0.5, 0.6) is 0 Å². The Labute approximate surface area is 200 Å². The zero-order chi connectivity index (χ0) is 22.5. The molecule has 0 aromatic rings. The second-order valence-corrected chi connectivity index (χ2v) is 10.4. The first-order valence-corrected chi connectivity index (χ1v) is 15.2. The molecule has 0 spiro atoms. The molecule has 0 heteroatoms. The highest BCUT2D eigenvalue weighted by Gasteiger charge is 1.96. The summed E-state index contributed by atoms with van der Waals surface area (Å²) >= 11 is 0. The Morgan fingerprint density at radius 3 is 0.677 bits per heavy atom. The zero-order valence-corrected chi connectivity index (χ0v) is 22.4. The highest BCUT2D eigenvalue weighted by atomic mass is 14.0. The molecule has 0 bridgehead atoms. The summed E-state index contributed by atoms with van der Waals surface area (Å²) < 4.78 is 0. The molecule has 31 heavy (non-hydrogen) atoms. The average Bonchev–Trinajstić information content (AvgIpc) is 2.78. The summed E-state index contributed by atoms with van der Waals surface area (Å²) in [6.07, 6.45) is 43.4. The van der Waals surface area contributed by atoms with Gasteiger partial charge in [0, 0.05) is 0 Å². The van der Waals surface area contributed by atoms with E-state index in [-0.39, 0.29) is 0 Å². The van der Waals surface area contributed by atoms with Gasteiger partial charge in [-0.2, -0.15) is 0 Å². The summed E-state index contributed by atoms with van der Waals surface area (Å²) in [6, 6.07) is 0. The lowest BCUT2D eigenvalue weighted by Gasteiger charge is -2.04. The molecule has 0 heterocycles. The highest BCUT2D eigenvalue weighted by Crippen LogP contribution is 2.16. The molecule has 0 aliphatic rings. The van der Waals surface area contributed by atoms with E-state index in [0.29, 0.717) is 0 Å². The summed E-state index contributed by atoms with van der Waals surface area (Å²) in [6.45, 7) is 4.61. The van der Waals surface area contributed by atoms with E-state index in [0.717, 1.165) is 0 Å². The molecule has 0 rings (SSSR count). The van der Waals surface area contributed by atoms with E-state index in [4.69, 9.17) is 0 Å². The minimum atomic E-state index is 1.37. The van der Waals surface area contributed by atoms with Crippen LogP contribution in [0, 0.1) is 6.42 Å². The Morgan fingerprint density at radius 1 is 0.258 bits per heavy atom. The molecular formula is C31H63. The Morgan fingerprint density at radius 2 is 0.452 bits per heavy atom. The lowest BCUT2D eigenvalue weighted by Crippen LogP contribution is -1.85. The molecule has 1 radical (unpaired) electrons. The molecular weight excluding hydrogens is 372 g/mol. The SMILES string of the molecule is CCCCCCCCCCCCC[CH]CCCCCCCCCCCCCCCCC. The van der Waals surface area contributed by atoms with Gasteiger partial charge < -0.3 is 0 Å². The fourth-order valence-electron chi connectivity index (χ4n) is 4.76. The minimum absolute atomic E-state index is 1.37. The molecule has 0 unspecified atom stereocenters. The van der Waals surface area contributed by atoms with Gasteiger partial charge in [0.2, 0.25) is 0 Å². The van der Waals surface area contributed by atoms with Crippen molar-refractivity contribution in [3.8, 4) is 0 Å². The molecule has 0 aliphatic carbocycles. The first-order chi connectivity index (χ1) is 15.4. The van der Waals surface area contributed by atoms with Gasteiger partial charge in [0.15, 0.2) is 0 Å². The van der Waals surface area contributed by atoms with Gasteiger partial charge >= 0.3 is 0 Å². The van der Waals surface area contributed by atoms with Gasteiger partial charge in [-0.15, -0.1) is 0 Å². The zero-order valence-electron chi connectivity index (χ0n) is 22.4. The second-order valence-electron chi connectivity index (χ2n) is 10.4. The third-order valence-corrected chi connectivity index (χ3v) is 7.02. The Hall–Kier alpha value is 0. The molecule has 0 amide bonds. The maximum absolute atomic E-state index is 2.58. The van der Waals surface area contributed by atoms with Crippen LogP contribution in [0.3, 0.4) is 0 Å². The fourth-order valence-corrected chi connectivity index (χ4v) is 4.76. The van der Waals surface area contributed by atoms with E-state index in [1.165, 1.54) is 180 Å². The molecule has 0 saturated heterocycles. The molecule has 0 saturated carbocycles. The van der Waals surface area contributed by atoms with Crippen LogP contribution in [0.2, 0.25) is 0 Å². The summed E-state index contributed by atoms with van der Waals surface area (Å²) in [5.74, 6) is 0. The van der Waals surface area contributed by atoms with Gasteiger partial charge in [-0.3, -0.25) is 0 Å². The van der Waals surface area contributed by atoms with Gasteiger partial charge in [0.25, 0.3) is 0 Å². The summed E-state index contributed by atoms with van der Waals surface area (Å²) in [4.78, 5) is 0.